The van der Waals surface area contributed by atoms with E-state index in [0.717, 1.165) is 18.2 Å². The zero-order valence-electron chi connectivity index (χ0n) is 13.2. The molecule has 0 N–H and O–H groups in total. The van der Waals surface area contributed by atoms with Crippen LogP contribution in [0.5, 0.6) is 5.75 Å². The molecule has 2 aliphatic heterocycles. The van der Waals surface area contributed by atoms with E-state index in [2.05, 4.69) is 10.0 Å². The summed E-state index contributed by atoms with van der Waals surface area (Å²) in [6.45, 7) is 3.49. The Morgan fingerprint density at radius 3 is 2.67 bits per heavy atom. The molecular formula is C15H17F2N3O4. The average molecular weight is 341 g/mol. The summed E-state index contributed by atoms with van der Waals surface area (Å²) in [5, 5.41) is 3.66. The molecule has 3 rings (SSSR count). The van der Waals surface area contributed by atoms with Crippen molar-refractivity contribution < 1.29 is 27.7 Å². The van der Waals surface area contributed by atoms with Gasteiger partial charge >= 0.3 is 0 Å². The lowest BCUT2D eigenvalue weighted by molar-refractivity contribution is -0.207. The topological polar surface area (TPSA) is 85.7 Å². The first-order chi connectivity index (χ1) is 11.4. The summed E-state index contributed by atoms with van der Waals surface area (Å²) in [5.41, 5.74) is 8.73. The van der Waals surface area contributed by atoms with Gasteiger partial charge in [-0.2, -0.15) is 0 Å². The lowest BCUT2D eigenvalue weighted by Crippen LogP contribution is -2.33. The van der Waals surface area contributed by atoms with Crippen molar-refractivity contribution in [1.82, 2.24) is 0 Å². The maximum atomic E-state index is 13.2. The van der Waals surface area contributed by atoms with E-state index < -0.39 is 35.9 Å². The van der Waals surface area contributed by atoms with E-state index in [1.165, 1.54) is 0 Å². The second-order valence-corrected chi connectivity index (χ2v) is 6.14. The minimum atomic E-state index is -0.749. The molecule has 7 nitrogen and oxygen atoms in total. The van der Waals surface area contributed by atoms with E-state index in [9.17, 15) is 8.78 Å². The number of fused-ring (bicyclic) bond motifs is 1. The van der Waals surface area contributed by atoms with Gasteiger partial charge in [0.05, 0.1) is 18.8 Å². The Kier molecular flexibility index (Phi) is 4.60. The average Bonchev–Trinajstić information content (AvgIpc) is 2.95. The molecule has 0 amide bonds. The fourth-order valence-electron chi connectivity index (χ4n) is 2.86. The van der Waals surface area contributed by atoms with Crippen LogP contribution >= 0.6 is 0 Å². The monoisotopic (exact) mass is 341 g/mol. The van der Waals surface area contributed by atoms with Crippen LogP contribution in [0.4, 0.5) is 8.78 Å². The SMILES string of the molecule is CC1(C)O[C@H]2O[C@H]([C@H](COc3cc(F)cc(F)c3)N=[N+]=[N-])C[C@H]2O1. The zero-order chi connectivity index (χ0) is 17.3. The van der Waals surface area contributed by atoms with Crippen molar-refractivity contribution in [3.05, 3.63) is 40.3 Å². The van der Waals surface area contributed by atoms with Crippen LogP contribution in [0.15, 0.2) is 23.3 Å². The molecule has 24 heavy (non-hydrogen) atoms. The van der Waals surface area contributed by atoms with Crippen LogP contribution in [-0.4, -0.2) is 36.9 Å². The van der Waals surface area contributed by atoms with Crippen LogP contribution in [0.25, 0.3) is 10.4 Å². The Bertz CT molecular complexity index is 630. The Labute approximate surface area is 137 Å². The largest absolute Gasteiger partial charge is 0.493 e. The van der Waals surface area contributed by atoms with Gasteiger partial charge in [0, 0.05) is 29.5 Å². The van der Waals surface area contributed by atoms with Gasteiger partial charge in [0.1, 0.15) is 23.5 Å². The number of hydrogen-bond donors (Lipinski definition) is 0. The highest BCUT2D eigenvalue weighted by Crippen LogP contribution is 2.38. The predicted octanol–water partition coefficient (Wildman–Crippen LogP) is 3.29. The molecule has 0 unspecified atom stereocenters. The van der Waals surface area contributed by atoms with Crippen molar-refractivity contribution in [2.45, 2.75) is 50.6 Å². The van der Waals surface area contributed by atoms with E-state index >= 15 is 0 Å². The highest BCUT2D eigenvalue weighted by atomic mass is 19.1. The van der Waals surface area contributed by atoms with Gasteiger partial charge in [0.25, 0.3) is 0 Å². The minimum absolute atomic E-state index is 0.0115. The number of benzene rings is 1. The predicted molar refractivity (Wildman–Crippen MR) is 78.1 cm³/mol. The number of rotatable bonds is 5. The number of hydrogen-bond acceptors (Lipinski definition) is 5. The second kappa shape index (κ2) is 6.52. The molecular weight excluding hydrogens is 324 g/mol. The van der Waals surface area contributed by atoms with Crippen LogP contribution in [0, 0.1) is 11.6 Å². The molecule has 1 aromatic rings. The molecule has 0 aliphatic carbocycles. The summed E-state index contributed by atoms with van der Waals surface area (Å²) in [6.07, 6.45) is -0.787. The molecule has 0 saturated carbocycles. The Hall–Kier alpha value is -1.93. The van der Waals surface area contributed by atoms with Crippen molar-refractivity contribution in [3.8, 4) is 5.75 Å². The van der Waals surface area contributed by atoms with E-state index in [1.807, 2.05) is 0 Å². The first-order valence-electron chi connectivity index (χ1n) is 7.50. The van der Waals surface area contributed by atoms with Gasteiger partial charge in [0.2, 0.25) is 0 Å². The molecule has 2 saturated heterocycles. The van der Waals surface area contributed by atoms with E-state index in [-0.39, 0.29) is 18.5 Å². The molecule has 0 bridgehead atoms. The van der Waals surface area contributed by atoms with Crippen LogP contribution in [0.1, 0.15) is 20.3 Å². The van der Waals surface area contributed by atoms with Gasteiger partial charge in [-0.05, 0) is 19.4 Å². The zero-order valence-corrected chi connectivity index (χ0v) is 13.2. The summed E-state index contributed by atoms with van der Waals surface area (Å²) >= 11 is 0. The van der Waals surface area contributed by atoms with Gasteiger partial charge < -0.3 is 18.9 Å². The highest BCUT2D eigenvalue weighted by molar-refractivity contribution is 5.23. The van der Waals surface area contributed by atoms with Gasteiger partial charge in [-0.1, -0.05) is 5.11 Å². The van der Waals surface area contributed by atoms with Crippen molar-refractivity contribution in [2.24, 2.45) is 5.11 Å². The van der Waals surface area contributed by atoms with E-state index in [4.69, 9.17) is 24.5 Å². The summed E-state index contributed by atoms with van der Waals surface area (Å²) in [5.74, 6) is -2.20. The number of halogens is 2. The molecule has 2 fully saturated rings. The van der Waals surface area contributed by atoms with Gasteiger partial charge in [-0.15, -0.1) is 0 Å². The van der Waals surface area contributed by atoms with Crippen molar-refractivity contribution in [2.75, 3.05) is 6.61 Å². The lowest BCUT2D eigenvalue weighted by Gasteiger charge is -2.23. The van der Waals surface area contributed by atoms with Crippen LogP contribution in [0.3, 0.4) is 0 Å². The van der Waals surface area contributed by atoms with E-state index in [0.29, 0.717) is 6.42 Å². The fraction of sp³-hybridized carbons (Fsp3) is 0.600. The molecule has 4 atom stereocenters. The first kappa shape index (κ1) is 16.9. The molecule has 0 aromatic heterocycles. The number of ether oxygens (including phenoxy) is 4. The Morgan fingerprint density at radius 1 is 1.33 bits per heavy atom. The molecule has 0 spiro atoms. The maximum Gasteiger partial charge on any atom is 0.187 e. The third kappa shape index (κ3) is 3.76. The smallest absolute Gasteiger partial charge is 0.187 e. The van der Waals surface area contributed by atoms with Gasteiger partial charge in [-0.25, -0.2) is 8.78 Å². The van der Waals surface area contributed by atoms with Gasteiger partial charge in [-0.3, -0.25) is 0 Å². The standard InChI is InChI=1S/C15H17F2N3O4/c1-15(2)23-13-6-12(22-14(13)24-15)11(19-20-18)7-21-10-4-8(16)3-9(17)5-10/h3-5,11-14H,6-7H2,1-2H3/t11-,12-,13+,14+/m0/s1. The van der Waals surface area contributed by atoms with Gasteiger partial charge in [0.15, 0.2) is 12.1 Å². The number of nitrogens with zero attached hydrogens (tertiary/aromatic N) is 3. The third-order valence-electron chi connectivity index (χ3n) is 3.80. The van der Waals surface area contributed by atoms with E-state index in [1.54, 1.807) is 13.8 Å². The molecule has 9 heteroatoms. The molecule has 1 aromatic carbocycles. The maximum absolute atomic E-state index is 13.2. The summed E-state index contributed by atoms with van der Waals surface area (Å²) in [6, 6.07) is 2.17. The molecule has 2 heterocycles. The van der Waals surface area contributed by atoms with Crippen LogP contribution in [0.2, 0.25) is 0 Å². The molecule has 2 aliphatic rings. The highest BCUT2D eigenvalue weighted by Gasteiger charge is 2.50. The lowest BCUT2D eigenvalue weighted by atomic mass is 10.1. The van der Waals surface area contributed by atoms with Crippen molar-refractivity contribution in [1.29, 1.82) is 0 Å². The Morgan fingerprint density at radius 2 is 2.04 bits per heavy atom. The summed E-state index contributed by atoms with van der Waals surface area (Å²) in [4.78, 5) is 2.79. The second-order valence-electron chi connectivity index (χ2n) is 6.14. The number of azide groups is 1. The molecule has 130 valence electrons. The third-order valence-corrected chi connectivity index (χ3v) is 3.80. The van der Waals surface area contributed by atoms with Crippen molar-refractivity contribution in [3.63, 3.8) is 0 Å². The van der Waals surface area contributed by atoms with Crippen LogP contribution in [-0.2, 0) is 14.2 Å². The normalized spacial score (nSPS) is 28.9. The first-order valence-corrected chi connectivity index (χ1v) is 7.50. The fourth-order valence-corrected chi connectivity index (χ4v) is 2.86. The Balaban J connectivity index is 1.63. The summed E-state index contributed by atoms with van der Waals surface area (Å²) < 4.78 is 48.7. The minimum Gasteiger partial charge on any atom is -0.493 e. The quantitative estimate of drug-likeness (QED) is 0.467. The van der Waals surface area contributed by atoms with Crippen molar-refractivity contribution >= 4 is 0 Å². The summed E-state index contributed by atoms with van der Waals surface area (Å²) in [7, 11) is 0. The van der Waals surface area contributed by atoms with Crippen LogP contribution < -0.4 is 4.74 Å². The molecule has 0 radical (unpaired) electrons.